The number of pyridine rings is 1. The molecular weight excluding hydrogens is 348 g/mol. The number of carbonyl (C=O) groups is 1. The molecule has 0 aliphatic carbocycles. The zero-order chi connectivity index (χ0) is 18.8. The summed E-state index contributed by atoms with van der Waals surface area (Å²) >= 11 is 0. The van der Waals surface area contributed by atoms with E-state index in [2.05, 4.69) is 15.0 Å². The third-order valence-corrected chi connectivity index (χ3v) is 4.65. The molecular formula is C18H20N6O3. The molecule has 4 heterocycles. The molecule has 0 N–H and O–H groups in total. The minimum Gasteiger partial charge on any atom is -0.481 e. The smallest absolute Gasteiger partial charge is 0.409 e. The Morgan fingerprint density at radius 1 is 1.11 bits per heavy atom. The number of amides is 1. The molecule has 0 aromatic carbocycles. The Morgan fingerprint density at radius 2 is 1.93 bits per heavy atom. The molecule has 9 nitrogen and oxygen atoms in total. The number of anilines is 1. The van der Waals surface area contributed by atoms with Gasteiger partial charge in [-0.1, -0.05) is 0 Å². The first-order valence-corrected chi connectivity index (χ1v) is 8.63. The Bertz CT molecular complexity index is 965. The van der Waals surface area contributed by atoms with Gasteiger partial charge in [-0.15, -0.1) is 0 Å². The van der Waals surface area contributed by atoms with Gasteiger partial charge >= 0.3 is 6.09 Å². The van der Waals surface area contributed by atoms with E-state index in [4.69, 9.17) is 14.5 Å². The van der Waals surface area contributed by atoms with Crippen molar-refractivity contribution in [2.24, 2.45) is 0 Å². The molecule has 9 heteroatoms. The number of aromatic nitrogens is 4. The second kappa shape index (κ2) is 7.10. The number of piperazine rings is 1. The highest BCUT2D eigenvalue weighted by atomic mass is 16.5. The molecule has 1 fully saturated rings. The Hall–Kier alpha value is -3.36. The van der Waals surface area contributed by atoms with Crippen molar-refractivity contribution in [2.75, 3.05) is 45.3 Å². The number of rotatable bonds is 3. The van der Waals surface area contributed by atoms with Crippen LogP contribution in [0.5, 0.6) is 5.88 Å². The molecule has 0 radical (unpaired) electrons. The molecule has 0 bridgehead atoms. The van der Waals surface area contributed by atoms with E-state index in [0.29, 0.717) is 32.1 Å². The molecule has 27 heavy (non-hydrogen) atoms. The van der Waals surface area contributed by atoms with Crippen LogP contribution < -0.4 is 9.64 Å². The van der Waals surface area contributed by atoms with Gasteiger partial charge < -0.3 is 19.3 Å². The summed E-state index contributed by atoms with van der Waals surface area (Å²) in [5, 5.41) is 4.39. The minimum absolute atomic E-state index is 0.292. The quantitative estimate of drug-likeness (QED) is 0.695. The summed E-state index contributed by atoms with van der Waals surface area (Å²) in [5.74, 6) is 1.38. The summed E-state index contributed by atoms with van der Waals surface area (Å²) in [6, 6.07) is 5.72. The molecule has 1 amide bonds. The van der Waals surface area contributed by atoms with Crippen molar-refractivity contribution in [2.45, 2.75) is 0 Å². The summed E-state index contributed by atoms with van der Waals surface area (Å²) in [4.78, 5) is 24.6. The number of hydrogen-bond acceptors (Lipinski definition) is 7. The first-order valence-electron chi connectivity index (χ1n) is 8.63. The fourth-order valence-corrected chi connectivity index (χ4v) is 3.23. The maximum atomic E-state index is 11.7. The highest BCUT2D eigenvalue weighted by molar-refractivity contribution is 5.80. The van der Waals surface area contributed by atoms with Crippen molar-refractivity contribution in [1.29, 1.82) is 0 Å². The number of carbonyl (C=O) groups excluding carboxylic acids is 1. The maximum absolute atomic E-state index is 11.7. The van der Waals surface area contributed by atoms with Crippen LogP contribution in [0.2, 0.25) is 0 Å². The van der Waals surface area contributed by atoms with Gasteiger partial charge in [-0.2, -0.15) is 5.10 Å². The van der Waals surface area contributed by atoms with E-state index in [-0.39, 0.29) is 6.09 Å². The van der Waals surface area contributed by atoms with Crippen molar-refractivity contribution < 1.29 is 14.3 Å². The van der Waals surface area contributed by atoms with E-state index >= 15 is 0 Å². The molecule has 1 aliphatic heterocycles. The molecule has 0 spiro atoms. The lowest BCUT2D eigenvalue weighted by molar-refractivity contribution is 0.121. The number of ether oxygens (including phenoxy) is 2. The lowest BCUT2D eigenvalue weighted by Crippen LogP contribution is -2.49. The van der Waals surface area contributed by atoms with Gasteiger partial charge in [0.05, 0.1) is 26.0 Å². The fourth-order valence-electron chi connectivity index (χ4n) is 3.23. The monoisotopic (exact) mass is 368 g/mol. The van der Waals surface area contributed by atoms with E-state index in [1.54, 1.807) is 28.9 Å². The second-order valence-electron chi connectivity index (χ2n) is 6.12. The van der Waals surface area contributed by atoms with Gasteiger partial charge in [0.1, 0.15) is 5.82 Å². The predicted octanol–water partition coefficient (Wildman–Crippen LogP) is 1.69. The molecule has 0 unspecified atom stereocenters. The summed E-state index contributed by atoms with van der Waals surface area (Å²) in [6.07, 6.45) is 5.05. The van der Waals surface area contributed by atoms with Crippen molar-refractivity contribution in [3.63, 3.8) is 0 Å². The van der Waals surface area contributed by atoms with Crippen LogP contribution >= 0.6 is 0 Å². The number of nitrogens with zero attached hydrogens (tertiary/aromatic N) is 6. The van der Waals surface area contributed by atoms with Gasteiger partial charge in [-0.3, -0.25) is 0 Å². The summed E-state index contributed by atoms with van der Waals surface area (Å²) in [5.41, 5.74) is 2.43. The van der Waals surface area contributed by atoms with Crippen LogP contribution in [0, 0.1) is 0 Å². The molecule has 3 aromatic heterocycles. The van der Waals surface area contributed by atoms with Gasteiger partial charge in [-0.25, -0.2) is 19.3 Å². The first kappa shape index (κ1) is 17.1. The molecule has 1 aliphatic rings. The van der Waals surface area contributed by atoms with Gasteiger partial charge in [0.25, 0.3) is 0 Å². The Balaban J connectivity index is 1.64. The normalized spacial score (nSPS) is 14.4. The van der Waals surface area contributed by atoms with Crippen LogP contribution in [0.15, 0.2) is 36.8 Å². The second-order valence-corrected chi connectivity index (χ2v) is 6.12. The maximum Gasteiger partial charge on any atom is 0.409 e. The average molecular weight is 368 g/mol. The summed E-state index contributed by atoms with van der Waals surface area (Å²) in [6.45, 7) is 2.58. The van der Waals surface area contributed by atoms with Gasteiger partial charge in [-0.05, 0) is 18.2 Å². The molecule has 140 valence electrons. The van der Waals surface area contributed by atoms with Crippen LogP contribution in [0.1, 0.15) is 0 Å². The largest absolute Gasteiger partial charge is 0.481 e. The van der Waals surface area contributed by atoms with Crippen LogP contribution in [0.4, 0.5) is 10.6 Å². The standard InChI is InChI=1S/C18H20N6O3/c1-26-17-13(4-3-6-19-17)14-12-20-24-7-5-15(21-16(14)24)22-8-10-23(11-9-22)18(25)27-2/h3-7,12H,8-11H2,1-2H3. The molecule has 3 aromatic rings. The zero-order valence-electron chi connectivity index (χ0n) is 15.2. The lowest BCUT2D eigenvalue weighted by Gasteiger charge is -2.34. The van der Waals surface area contributed by atoms with Gasteiger partial charge in [0.2, 0.25) is 5.88 Å². The van der Waals surface area contributed by atoms with Crippen molar-refractivity contribution in [3.8, 4) is 17.0 Å². The first-order chi connectivity index (χ1) is 13.2. The van der Waals surface area contributed by atoms with E-state index in [0.717, 1.165) is 22.6 Å². The Kier molecular flexibility index (Phi) is 4.49. The fraction of sp³-hybridized carbons (Fsp3) is 0.333. The molecule has 0 atom stereocenters. The van der Waals surface area contributed by atoms with Crippen LogP contribution in [0.3, 0.4) is 0 Å². The Labute approximate surface area is 156 Å². The van der Waals surface area contributed by atoms with Crippen LogP contribution in [-0.4, -0.2) is 71.0 Å². The predicted molar refractivity (Wildman–Crippen MR) is 99.0 cm³/mol. The van der Waals surface area contributed by atoms with Crippen molar-refractivity contribution in [1.82, 2.24) is 24.5 Å². The van der Waals surface area contributed by atoms with E-state index in [9.17, 15) is 4.79 Å². The van der Waals surface area contributed by atoms with Gasteiger partial charge in [0.15, 0.2) is 5.65 Å². The summed E-state index contributed by atoms with van der Waals surface area (Å²) in [7, 11) is 3.00. The highest BCUT2D eigenvalue weighted by Gasteiger charge is 2.23. The minimum atomic E-state index is -0.292. The average Bonchev–Trinajstić information content (AvgIpc) is 3.16. The zero-order valence-corrected chi connectivity index (χ0v) is 15.2. The van der Waals surface area contributed by atoms with E-state index in [1.165, 1.54) is 7.11 Å². The van der Waals surface area contributed by atoms with Gasteiger partial charge in [0, 0.05) is 44.1 Å². The highest BCUT2D eigenvalue weighted by Crippen LogP contribution is 2.30. The molecule has 0 saturated carbocycles. The number of hydrogen-bond donors (Lipinski definition) is 0. The summed E-state index contributed by atoms with van der Waals surface area (Å²) < 4.78 is 11.9. The topological polar surface area (TPSA) is 85.1 Å². The van der Waals surface area contributed by atoms with Crippen molar-refractivity contribution >= 4 is 17.6 Å². The SMILES string of the molecule is COC(=O)N1CCN(c2ccn3ncc(-c4cccnc4OC)c3n2)CC1. The third-order valence-electron chi connectivity index (χ3n) is 4.65. The Morgan fingerprint density at radius 3 is 2.67 bits per heavy atom. The van der Waals surface area contributed by atoms with E-state index in [1.807, 2.05) is 24.4 Å². The lowest BCUT2D eigenvalue weighted by atomic mass is 10.1. The molecule has 4 rings (SSSR count). The molecule has 1 saturated heterocycles. The third kappa shape index (κ3) is 3.12. The number of methoxy groups -OCH3 is 2. The van der Waals surface area contributed by atoms with E-state index < -0.39 is 0 Å². The van der Waals surface area contributed by atoms with Crippen LogP contribution in [0.25, 0.3) is 16.8 Å². The van der Waals surface area contributed by atoms with Crippen LogP contribution in [-0.2, 0) is 4.74 Å². The van der Waals surface area contributed by atoms with Crippen molar-refractivity contribution in [3.05, 3.63) is 36.8 Å². The number of fused-ring (bicyclic) bond motifs is 1.